The van der Waals surface area contributed by atoms with Gasteiger partial charge in [0.15, 0.2) is 0 Å². The van der Waals surface area contributed by atoms with Gasteiger partial charge >= 0.3 is 0 Å². The van der Waals surface area contributed by atoms with Gasteiger partial charge in [-0.2, -0.15) is 0 Å². The number of hydrogen-bond acceptors (Lipinski definition) is 2. The minimum Gasteiger partial charge on any atom is -0.310 e. The lowest BCUT2D eigenvalue weighted by Crippen LogP contribution is -2.28. The summed E-state index contributed by atoms with van der Waals surface area (Å²) in [6.07, 6.45) is 0. The normalized spacial score (nSPS) is 10.4. The van der Waals surface area contributed by atoms with Gasteiger partial charge in [-0.25, -0.2) is 4.98 Å². The number of carbonyl (C=O) groups excluding carboxylic acids is 1. The van der Waals surface area contributed by atoms with Gasteiger partial charge in [-0.05, 0) is 42.8 Å². The lowest BCUT2D eigenvalue weighted by Gasteiger charge is -2.20. The summed E-state index contributed by atoms with van der Waals surface area (Å²) in [6, 6.07) is 8.78. The van der Waals surface area contributed by atoms with E-state index in [-0.39, 0.29) is 21.8 Å². The number of hydrogen-bond donors (Lipinski definition) is 0. The topological polar surface area (TPSA) is 33.2 Å². The number of anilines is 1. The first-order valence-corrected chi connectivity index (χ1v) is 7.31. The predicted molar refractivity (Wildman–Crippen MR) is 85.9 cm³/mol. The lowest BCUT2D eigenvalue weighted by molar-refractivity contribution is 0.0988. The third-order valence-corrected chi connectivity index (χ3v) is 3.85. The molecule has 6 heteroatoms. The third kappa shape index (κ3) is 3.14. The van der Waals surface area contributed by atoms with Gasteiger partial charge in [0.1, 0.15) is 10.8 Å². The highest BCUT2D eigenvalue weighted by Crippen LogP contribution is 2.26. The van der Waals surface area contributed by atoms with Crippen molar-refractivity contribution in [3.05, 3.63) is 56.2 Å². The first-order valence-electron chi connectivity index (χ1n) is 5.76. The number of amides is 1. The van der Waals surface area contributed by atoms with Crippen molar-refractivity contribution >= 4 is 50.7 Å². The maximum Gasteiger partial charge on any atom is 0.278 e. The quantitative estimate of drug-likeness (QED) is 0.712. The largest absolute Gasteiger partial charge is 0.310 e. The minimum atomic E-state index is -0.303. The van der Waals surface area contributed by atoms with Gasteiger partial charge in [0.05, 0.1) is 5.02 Å². The molecule has 20 heavy (non-hydrogen) atoms. The molecule has 0 saturated carbocycles. The second-order valence-electron chi connectivity index (χ2n) is 4.26. The van der Waals surface area contributed by atoms with Crippen LogP contribution in [0.4, 0.5) is 5.69 Å². The van der Waals surface area contributed by atoms with E-state index in [0.717, 1.165) is 15.7 Å². The van der Waals surface area contributed by atoms with E-state index >= 15 is 0 Å². The third-order valence-electron chi connectivity index (χ3n) is 2.84. The molecule has 0 bridgehead atoms. The van der Waals surface area contributed by atoms with E-state index in [9.17, 15) is 4.79 Å². The Kier molecular flexibility index (Phi) is 4.68. The summed E-state index contributed by atoms with van der Waals surface area (Å²) >= 11 is 15.2. The molecule has 0 aliphatic heterocycles. The molecule has 0 atom stereocenters. The van der Waals surface area contributed by atoms with Crippen molar-refractivity contribution < 1.29 is 4.79 Å². The fraction of sp³-hybridized carbons (Fsp3) is 0.143. The van der Waals surface area contributed by atoms with Crippen molar-refractivity contribution in [3.8, 4) is 0 Å². The van der Waals surface area contributed by atoms with Crippen molar-refractivity contribution in [1.82, 2.24) is 4.98 Å². The summed E-state index contributed by atoms with van der Waals surface area (Å²) in [7, 11) is 1.68. The van der Waals surface area contributed by atoms with Gasteiger partial charge in [-0.15, -0.1) is 0 Å². The minimum absolute atomic E-state index is 0.143. The Labute approximate surface area is 135 Å². The van der Waals surface area contributed by atoms with Crippen molar-refractivity contribution in [2.75, 3.05) is 11.9 Å². The molecule has 1 heterocycles. The average Bonchev–Trinajstić information content (AvgIpc) is 2.40. The van der Waals surface area contributed by atoms with Crippen LogP contribution in [0.1, 0.15) is 16.1 Å². The first kappa shape index (κ1) is 15.3. The second kappa shape index (κ2) is 6.12. The molecular formula is C14H11BrCl2N2O. The Morgan fingerprint density at radius 3 is 2.60 bits per heavy atom. The number of pyridine rings is 1. The van der Waals surface area contributed by atoms with E-state index in [0.29, 0.717) is 0 Å². The molecule has 2 aromatic rings. The van der Waals surface area contributed by atoms with Crippen LogP contribution in [0.3, 0.4) is 0 Å². The lowest BCUT2D eigenvalue weighted by atomic mass is 10.2. The summed E-state index contributed by atoms with van der Waals surface area (Å²) < 4.78 is 0.957. The zero-order chi connectivity index (χ0) is 14.9. The Bertz CT molecular complexity index is 676. The van der Waals surface area contributed by atoms with Crippen LogP contribution in [-0.4, -0.2) is 17.9 Å². The maximum atomic E-state index is 12.5. The highest BCUT2D eigenvalue weighted by molar-refractivity contribution is 9.10. The van der Waals surface area contributed by atoms with E-state index in [4.69, 9.17) is 23.2 Å². The number of nitrogens with zero attached hydrogens (tertiary/aromatic N) is 2. The molecule has 0 N–H and O–H groups in total. The molecule has 0 spiro atoms. The summed E-state index contributed by atoms with van der Waals surface area (Å²) in [4.78, 5) is 18.0. The Hall–Kier alpha value is -1.10. The van der Waals surface area contributed by atoms with Crippen LogP contribution in [-0.2, 0) is 0 Å². The second-order valence-corrected chi connectivity index (χ2v) is 5.97. The van der Waals surface area contributed by atoms with E-state index in [1.807, 2.05) is 25.1 Å². The Morgan fingerprint density at radius 2 is 1.95 bits per heavy atom. The molecule has 3 nitrogen and oxygen atoms in total. The number of benzene rings is 1. The van der Waals surface area contributed by atoms with Gasteiger partial charge in [0.2, 0.25) is 0 Å². The standard InChI is InChI=1S/C14H11BrCl2N2O/c1-8-7-9(15)3-5-11(8)19(2)14(20)13-10(16)4-6-12(17)18-13/h3-7H,1-2H3. The molecule has 0 fully saturated rings. The fourth-order valence-electron chi connectivity index (χ4n) is 1.83. The molecule has 0 aliphatic carbocycles. The Morgan fingerprint density at radius 1 is 1.25 bits per heavy atom. The Balaban J connectivity index is 2.40. The highest BCUT2D eigenvalue weighted by atomic mass is 79.9. The summed E-state index contributed by atoms with van der Waals surface area (Å²) in [5, 5.41) is 0.514. The highest BCUT2D eigenvalue weighted by Gasteiger charge is 2.19. The molecule has 0 radical (unpaired) electrons. The zero-order valence-electron chi connectivity index (χ0n) is 10.8. The van der Waals surface area contributed by atoms with Crippen LogP contribution in [0.2, 0.25) is 10.2 Å². The number of aryl methyl sites for hydroxylation is 1. The SMILES string of the molecule is Cc1cc(Br)ccc1N(C)C(=O)c1nc(Cl)ccc1Cl. The number of halogens is 3. The first-order chi connectivity index (χ1) is 9.40. The van der Waals surface area contributed by atoms with Crippen LogP contribution in [0.25, 0.3) is 0 Å². The molecule has 1 aromatic heterocycles. The summed E-state index contributed by atoms with van der Waals surface area (Å²) in [6.45, 7) is 1.93. The average molecular weight is 374 g/mol. The molecule has 1 aromatic carbocycles. The summed E-state index contributed by atoms with van der Waals surface area (Å²) in [5.74, 6) is -0.303. The van der Waals surface area contributed by atoms with Gasteiger partial charge in [-0.1, -0.05) is 39.1 Å². The maximum absolute atomic E-state index is 12.5. The molecule has 0 unspecified atom stereocenters. The number of carbonyl (C=O) groups is 1. The number of rotatable bonds is 2. The van der Waals surface area contributed by atoms with Gasteiger partial charge in [0, 0.05) is 17.2 Å². The van der Waals surface area contributed by atoms with E-state index in [1.54, 1.807) is 19.2 Å². The monoisotopic (exact) mass is 372 g/mol. The van der Waals surface area contributed by atoms with Crippen molar-refractivity contribution in [1.29, 1.82) is 0 Å². The summed E-state index contributed by atoms with van der Waals surface area (Å²) in [5.41, 5.74) is 1.90. The number of aromatic nitrogens is 1. The predicted octanol–water partition coefficient (Wildman–Crippen LogP) is 4.74. The van der Waals surface area contributed by atoms with Gasteiger partial charge in [0.25, 0.3) is 5.91 Å². The van der Waals surface area contributed by atoms with E-state index < -0.39 is 0 Å². The smallest absolute Gasteiger partial charge is 0.278 e. The molecule has 0 aliphatic rings. The molecule has 2 rings (SSSR count). The molecule has 0 saturated heterocycles. The van der Waals surface area contributed by atoms with Crippen LogP contribution in [0.15, 0.2) is 34.8 Å². The zero-order valence-corrected chi connectivity index (χ0v) is 13.9. The van der Waals surface area contributed by atoms with Gasteiger partial charge in [-0.3, -0.25) is 4.79 Å². The van der Waals surface area contributed by atoms with Crippen LogP contribution in [0, 0.1) is 6.92 Å². The molecular weight excluding hydrogens is 363 g/mol. The molecule has 1 amide bonds. The molecule has 104 valence electrons. The van der Waals surface area contributed by atoms with Crippen LogP contribution < -0.4 is 4.90 Å². The fourth-order valence-corrected chi connectivity index (χ4v) is 2.64. The van der Waals surface area contributed by atoms with Crippen molar-refractivity contribution in [2.45, 2.75) is 6.92 Å². The van der Waals surface area contributed by atoms with Gasteiger partial charge < -0.3 is 4.90 Å². The van der Waals surface area contributed by atoms with Crippen molar-refractivity contribution in [2.24, 2.45) is 0 Å². The van der Waals surface area contributed by atoms with E-state index in [1.165, 1.54) is 4.90 Å². The van der Waals surface area contributed by atoms with Crippen molar-refractivity contribution in [3.63, 3.8) is 0 Å². The van der Waals surface area contributed by atoms with E-state index in [2.05, 4.69) is 20.9 Å². The van der Waals surface area contributed by atoms with Crippen LogP contribution >= 0.6 is 39.1 Å². The van der Waals surface area contributed by atoms with Crippen LogP contribution in [0.5, 0.6) is 0 Å².